The minimum atomic E-state index is 0.233. The van der Waals surface area contributed by atoms with E-state index in [4.69, 9.17) is 4.74 Å². The van der Waals surface area contributed by atoms with Gasteiger partial charge in [-0.25, -0.2) is 0 Å². The third-order valence-corrected chi connectivity index (χ3v) is 2.38. The van der Waals surface area contributed by atoms with Crippen LogP contribution in [0.3, 0.4) is 0 Å². The summed E-state index contributed by atoms with van der Waals surface area (Å²) >= 11 is 0. The van der Waals surface area contributed by atoms with E-state index in [1.54, 1.807) is 13.2 Å². The molecule has 0 amide bonds. The molecule has 12 heavy (non-hydrogen) atoms. The largest absolute Gasteiger partial charge is 0.504 e. The summed E-state index contributed by atoms with van der Waals surface area (Å²) in [5, 5.41) is 0. The van der Waals surface area contributed by atoms with Crippen molar-refractivity contribution in [1.29, 1.82) is 0 Å². The van der Waals surface area contributed by atoms with Gasteiger partial charge >= 0.3 is 0 Å². The molecule has 2 nitrogen and oxygen atoms in total. The molecular weight excluding hydrogens is 152 g/mol. The maximum Gasteiger partial charge on any atom is 0.161 e. The first kappa shape index (κ1) is 9.30. The number of ether oxygens (including phenoxy) is 1. The van der Waals surface area contributed by atoms with Crippen LogP contribution in [-0.2, 0) is 9.53 Å². The Hall–Kier alpha value is -0.790. The van der Waals surface area contributed by atoms with Gasteiger partial charge in [-0.3, -0.25) is 4.79 Å². The molecule has 1 saturated carbocycles. The van der Waals surface area contributed by atoms with Gasteiger partial charge in [-0.2, -0.15) is 0 Å². The van der Waals surface area contributed by atoms with Crippen LogP contribution in [0.5, 0.6) is 0 Å². The fourth-order valence-corrected chi connectivity index (χ4v) is 1.66. The molecular formula is C10H16O2. The van der Waals surface area contributed by atoms with Crippen molar-refractivity contribution in [2.24, 2.45) is 5.92 Å². The molecule has 0 unspecified atom stereocenters. The van der Waals surface area contributed by atoms with Gasteiger partial charge in [-0.05, 0) is 12.8 Å². The zero-order chi connectivity index (χ0) is 8.81. The van der Waals surface area contributed by atoms with E-state index in [9.17, 15) is 4.79 Å². The lowest BCUT2D eigenvalue weighted by molar-refractivity contribution is -0.119. The third-order valence-electron chi connectivity index (χ3n) is 2.38. The summed E-state index contributed by atoms with van der Waals surface area (Å²) < 4.78 is 4.70. The van der Waals surface area contributed by atoms with Crippen LogP contribution < -0.4 is 0 Å². The monoisotopic (exact) mass is 168 g/mol. The maximum atomic E-state index is 11.4. The average Bonchev–Trinajstić information content (AvgIpc) is 2.15. The molecule has 0 radical (unpaired) electrons. The van der Waals surface area contributed by atoms with Gasteiger partial charge in [0.1, 0.15) is 0 Å². The first-order chi connectivity index (χ1) is 5.84. The average molecular weight is 168 g/mol. The van der Waals surface area contributed by atoms with Crippen molar-refractivity contribution in [3.63, 3.8) is 0 Å². The number of ketones is 1. The molecule has 1 fully saturated rings. The zero-order valence-electron chi connectivity index (χ0n) is 7.58. The summed E-state index contributed by atoms with van der Waals surface area (Å²) in [6, 6.07) is 0. The molecule has 2 heteroatoms. The first-order valence-corrected chi connectivity index (χ1v) is 4.58. The molecule has 0 saturated heterocycles. The van der Waals surface area contributed by atoms with Crippen LogP contribution in [0.2, 0.25) is 0 Å². The van der Waals surface area contributed by atoms with Crippen molar-refractivity contribution < 1.29 is 9.53 Å². The van der Waals surface area contributed by atoms with Crippen molar-refractivity contribution >= 4 is 5.78 Å². The van der Waals surface area contributed by atoms with E-state index in [2.05, 4.69) is 0 Å². The molecule has 0 aromatic carbocycles. The molecule has 1 aliphatic carbocycles. The number of carbonyl (C=O) groups is 1. The van der Waals surface area contributed by atoms with E-state index in [1.165, 1.54) is 25.5 Å². The molecule has 0 bridgehead atoms. The van der Waals surface area contributed by atoms with Gasteiger partial charge in [0.2, 0.25) is 0 Å². The van der Waals surface area contributed by atoms with E-state index in [0.717, 1.165) is 12.8 Å². The fraction of sp³-hybridized carbons (Fsp3) is 0.700. The van der Waals surface area contributed by atoms with Crippen LogP contribution in [0.1, 0.15) is 32.1 Å². The lowest BCUT2D eigenvalue weighted by atomic mass is 9.86. The minimum Gasteiger partial charge on any atom is -0.504 e. The second kappa shape index (κ2) is 4.96. The molecule has 0 N–H and O–H groups in total. The standard InChI is InChI=1S/C10H16O2/c1-12-8-7-10(11)9-5-3-2-4-6-9/h7-9H,2-6H2,1H3/b8-7+. The third kappa shape index (κ3) is 2.68. The van der Waals surface area contributed by atoms with E-state index < -0.39 is 0 Å². The van der Waals surface area contributed by atoms with Crippen molar-refractivity contribution in [2.75, 3.05) is 7.11 Å². The highest BCUT2D eigenvalue weighted by molar-refractivity contribution is 5.91. The number of allylic oxidation sites excluding steroid dienone is 1. The van der Waals surface area contributed by atoms with E-state index in [1.807, 2.05) is 0 Å². The van der Waals surface area contributed by atoms with Crippen LogP contribution in [0.25, 0.3) is 0 Å². The van der Waals surface area contributed by atoms with Gasteiger partial charge < -0.3 is 4.74 Å². The Morgan fingerprint density at radius 2 is 2.00 bits per heavy atom. The summed E-state index contributed by atoms with van der Waals surface area (Å²) in [6.07, 6.45) is 8.85. The Balaban J connectivity index is 2.34. The highest BCUT2D eigenvalue weighted by Gasteiger charge is 2.18. The minimum absolute atomic E-state index is 0.233. The number of carbonyl (C=O) groups excluding carboxylic acids is 1. The van der Waals surface area contributed by atoms with E-state index in [-0.39, 0.29) is 11.7 Å². The van der Waals surface area contributed by atoms with Gasteiger partial charge in [-0.1, -0.05) is 19.3 Å². The number of hydrogen-bond donors (Lipinski definition) is 0. The van der Waals surface area contributed by atoms with Crippen LogP contribution in [0.4, 0.5) is 0 Å². The second-order valence-electron chi connectivity index (χ2n) is 3.28. The Morgan fingerprint density at radius 3 is 2.58 bits per heavy atom. The number of rotatable bonds is 3. The molecule has 1 aliphatic rings. The lowest BCUT2D eigenvalue weighted by Gasteiger charge is -2.18. The van der Waals surface area contributed by atoms with E-state index in [0.29, 0.717) is 0 Å². The highest BCUT2D eigenvalue weighted by atomic mass is 16.5. The Labute approximate surface area is 73.6 Å². The summed E-state index contributed by atoms with van der Waals surface area (Å²) in [7, 11) is 1.56. The van der Waals surface area contributed by atoms with Crippen molar-refractivity contribution in [2.45, 2.75) is 32.1 Å². The maximum absolute atomic E-state index is 11.4. The van der Waals surface area contributed by atoms with Crippen molar-refractivity contribution in [3.05, 3.63) is 12.3 Å². The topological polar surface area (TPSA) is 26.3 Å². The molecule has 0 heterocycles. The van der Waals surface area contributed by atoms with Crippen LogP contribution >= 0.6 is 0 Å². The molecule has 1 rings (SSSR count). The van der Waals surface area contributed by atoms with Crippen molar-refractivity contribution in [3.8, 4) is 0 Å². The van der Waals surface area contributed by atoms with Gasteiger partial charge in [0.15, 0.2) is 5.78 Å². The summed E-state index contributed by atoms with van der Waals surface area (Å²) in [5.74, 6) is 0.502. The van der Waals surface area contributed by atoms with Gasteiger partial charge in [-0.15, -0.1) is 0 Å². The molecule has 68 valence electrons. The Kier molecular flexibility index (Phi) is 3.85. The smallest absolute Gasteiger partial charge is 0.161 e. The van der Waals surface area contributed by atoms with Crippen molar-refractivity contribution in [1.82, 2.24) is 0 Å². The normalized spacial score (nSPS) is 19.8. The first-order valence-electron chi connectivity index (χ1n) is 4.58. The highest BCUT2D eigenvalue weighted by Crippen LogP contribution is 2.24. The molecule has 0 aromatic heterocycles. The zero-order valence-corrected chi connectivity index (χ0v) is 7.58. The fourth-order valence-electron chi connectivity index (χ4n) is 1.66. The SMILES string of the molecule is CO/C=C/C(=O)C1CCCCC1. The Morgan fingerprint density at radius 1 is 1.33 bits per heavy atom. The van der Waals surface area contributed by atoms with Crippen LogP contribution in [0, 0.1) is 5.92 Å². The predicted molar refractivity (Wildman–Crippen MR) is 47.7 cm³/mol. The number of methoxy groups -OCH3 is 1. The lowest BCUT2D eigenvalue weighted by Crippen LogP contribution is -2.15. The van der Waals surface area contributed by atoms with Crippen LogP contribution in [-0.4, -0.2) is 12.9 Å². The quantitative estimate of drug-likeness (QED) is 0.477. The number of hydrogen-bond acceptors (Lipinski definition) is 2. The molecule has 0 spiro atoms. The summed E-state index contributed by atoms with van der Waals surface area (Å²) in [4.78, 5) is 11.4. The predicted octanol–water partition coefficient (Wildman–Crippen LogP) is 2.30. The van der Waals surface area contributed by atoms with Gasteiger partial charge in [0, 0.05) is 12.0 Å². The van der Waals surface area contributed by atoms with Gasteiger partial charge in [0.25, 0.3) is 0 Å². The Bertz CT molecular complexity index is 167. The van der Waals surface area contributed by atoms with Gasteiger partial charge in [0.05, 0.1) is 13.4 Å². The van der Waals surface area contributed by atoms with E-state index >= 15 is 0 Å². The summed E-state index contributed by atoms with van der Waals surface area (Å²) in [5.41, 5.74) is 0. The van der Waals surface area contributed by atoms with Crippen LogP contribution in [0.15, 0.2) is 12.3 Å². The second-order valence-corrected chi connectivity index (χ2v) is 3.28. The summed E-state index contributed by atoms with van der Waals surface area (Å²) in [6.45, 7) is 0. The molecule has 0 aromatic rings. The molecule has 0 aliphatic heterocycles. The molecule has 0 atom stereocenters.